The van der Waals surface area contributed by atoms with Gasteiger partial charge < -0.3 is 30.8 Å². The highest BCUT2D eigenvalue weighted by molar-refractivity contribution is 6.17. The molecule has 0 radical (unpaired) electrons. The molecule has 3 aromatic heterocycles. The third-order valence-corrected chi connectivity index (χ3v) is 7.83. The fraction of sp³-hybridized carbons (Fsp3) is 0.323. The highest BCUT2D eigenvalue weighted by Crippen LogP contribution is 2.31. The van der Waals surface area contributed by atoms with Crippen molar-refractivity contribution in [2.45, 2.75) is 52.3 Å². The Morgan fingerprint density at radius 3 is 2.71 bits per heavy atom. The van der Waals surface area contributed by atoms with Crippen LogP contribution < -0.4 is 21.5 Å². The third kappa shape index (κ3) is 5.42. The highest BCUT2D eigenvalue weighted by atomic mass is 16.5. The molecule has 6 rings (SSSR count). The Bertz CT molecular complexity index is 1770. The topological polar surface area (TPSA) is 165 Å². The van der Waals surface area contributed by atoms with Crippen LogP contribution in [0, 0.1) is 12.3 Å². The smallest absolute Gasteiger partial charge is 0.292 e. The van der Waals surface area contributed by atoms with Crippen LogP contribution in [-0.2, 0) is 6.54 Å². The predicted octanol–water partition coefficient (Wildman–Crippen LogP) is 4.92. The second-order valence-corrected chi connectivity index (χ2v) is 11.0. The van der Waals surface area contributed by atoms with Gasteiger partial charge in [0.2, 0.25) is 5.88 Å². The van der Waals surface area contributed by atoms with Crippen molar-refractivity contribution in [3.05, 3.63) is 71.2 Å². The van der Waals surface area contributed by atoms with Crippen molar-refractivity contribution in [1.29, 1.82) is 5.41 Å². The van der Waals surface area contributed by atoms with E-state index in [4.69, 9.17) is 31.0 Å². The summed E-state index contributed by atoms with van der Waals surface area (Å²) in [6.07, 6.45) is 3.43. The van der Waals surface area contributed by atoms with E-state index in [-0.39, 0.29) is 23.6 Å². The van der Waals surface area contributed by atoms with Crippen molar-refractivity contribution >= 4 is 45.2 Å². The van der Waals surface area contributed by atoms with Crippen LogP contribution in [0.1, 0.15) is 49.1 Å². The molecule has 1 aliphatic rings. The predicted molar refractivity (Wildman–Crippen MR) is 165 cm³/mol. The minimum atomic E-state index is 0.0704. The van der Waals surface area contributed by atoms with Gasteiger partial charge in [0.15, 0.2) is 5.58 Å². The Morgan fingerprint density at radius 1 is 1.12 bits per heavy atom. The number of nitrogens with one attached hydrogen (secondary N) is 2. The number of piperidine rings is 1. The summed E-state index contributed by atoms with van der Waals surface area (Å²) in [6, 6.07) is 14.1. The van der Waals surface area contributed by atoms with Crippen LogP contribution in [-0.4, -0.2) is 55.8 Å². The molecule has 4 heterocycles. The van der Waals surface area contributed by atoms with Gasteiger partial charge in [-0.2, -0.15) is 4.98 Å². The summed E-state index contributed by atoms with van der Waals surface area (Å²) >= 11 is 0. The fourth-order valence-corrected chi connectivity index (χ4v) is 5.54. The van der Waals surface area contributed by atoms with E-state index < -0.39 is 0 Å². The normalized spacial score (nSPS) is 14.6. The monoisotopic (exact) mass is 565 g/mol. The average Bonchev–Trinajstić information content (AvgIpc) is 3.35. The van der Waals surface area contributed by atoms with Gasteiger partial charge in [0.1, 0.15) is 29.6 Å². The number of oxazole rings is 1. The molecule has 0 aliphatic carbocycles. The quantitative estimate of drug-likeness (QED) is 0.190. The van der Waals surface area contributed by atoms with Crippen LogP contribution >= 0.6 is 0 Å². The van der Waals surface area contributed by atoms with Gasteiger partial charge in [-0.05, 0) is 68.8 Å². The fourth-order valence-electron chi connectivity index (χ4n) is 5.54. The first kappa shape index (κ1) is 27.4. The van der Waals surface area contributed by atoms with Crippen LogP contribution in [0.4, 0.5) is 17.7 Å². The van der Waals surface area contributed by atoms with E-state index >= 15 is 0 Å². The van der Waals surface area contributed by atoms with Crippen LogP contribution in [0.5, 0.6) is 5.88 Å². The summed E-state index contributed by atoms with van der Waals surface area (Å²) in [5.41, 5.74) is 16.1. The summed E-state index contributed by atoms with van der Waals surface area (Å²) in [4.78, 5) is 20.2. The molecule has 5 aromatic rings. The molecule has 1 aliphatic heterocycles. The second-order valence-electron chi connectivity index (χ2n) is 11.0. The minimum absolute atomic E-state index is 0.0704. The molecular formula is C31H35N9O2. The van der Waals surface area contributed by atoms with E-state index in [0.29, 0.717) is 46.5 Å². The molecule has 0 spiro atoms. The first-order chi connectivity index (χ1) is 20.3. The number of nitrogens with two attached hydrogens (primary N) is 2. The first-order valence-electron chi connectivity index (χ1n) is 14.2. The number of ether oxygens (including phenoxy) is 1. The largest absolute Gasteiger partial charge is 0.474 e. The van der Waals surface area contributed by atoms with Crippen LogP contribution in [0.25, 0.3) is 21.9 Å². The van der Waals surface area contributed by atoms with Crippen LogP contribution in [0.3, 0.4) is 0 Å². The zero-order chi connectivity index (χ0) is 29.4. The molecule has 11 heteroatoms. The lowest BCUT2D eigenvalue weighted by molar-refractivity contribution is 0.0822. The van der Waals surface area contributed by atoms with Gasteiger partial charge >= 0.3 is 0 Å². The lowest BCUT2D eigenvalue weighted by atomic mass is 10.0. The number of aryl methyl sites for hydroxylation is 1. The number of benzene rings is 2. The number of nitrogen functional groups attached to an aromatic ring is 2. The van der Waals surface area contributed by atoms with E-state index in [1.165, 1.54) is 6.33 Å². The van der Waals surface area contributed by atoms with E-state index in [0.717, 1.165) is 48.0 Å². The van der Waals surface area contributed by atoms with Crippen LogP contribution in [0.15, 0.2) is 53.2 Å². The lowest BCUT2D eigenvalue weighted by Gasteiger charge is -2.34. The molecule has 2 aromatic carbocycles. The number of rotatable bonds is 8. The van der Waals surface area contributed by atoms with Gasteiger partial charge in [0, 0.05) is 30.1 Å². The molecule has 0 saturated carbocycles. The average molecular weight is 566 g/mol. The number of nitrogens with zero attached hydrogens (tertiary/aromatic N) is 5. The zero-order valence-electron chi connectivity index (χ0n) is 24.0. The Balaban J connectivity index is 1.27. The maximum atomic E-state index is 8.94. The molecule has 11 nitrogen and oxygen atoms in total. The Hall–Kier alpha value is -4.77. The van der Waals surface area contributed by atoms with Gasteiger partial charge in [-0.3, -0.25) is 5.41 Å². The Labute approximate surface area is 243 Å². The standard InChI is InChI=1S/C31H35N9O2/c1-17(2)40-11-9-22(10-12-40)41-30-25-18(3)5-4-6-19(25)13-21(38-30)15-35-29-26(28(33)36-16-37-29)27(32)20-7-8-24-23(14-20)39-31(34)42-24/h4-8,13-14,16-17,22,32H,9-12,15H2,1-3H3,(H2,34,39)(H3,33,35,36,37). The SMILES string of the molecule is Cc1cccc2cc(CNc3ncnc(N)c3C(=N)c3ccc4oc(N)nc4c3)nc(OC3CCN(C(C)C)CC3)c12. The van der Waals surface area contributed by atoms with Crippen molar-refractivity contribution in [1.82, 2.24) is 24.8 Å². The Kier molecular flexibility index (Phi) is 7.34. The first-order valence-corrected chi connectivity index (χ1v) is 14.2. The third-order valence-electron chi connectivity index (χ3n) is 7.83. The molecule has 0 amide bonds. The van der Waals surface area contributed by atoms with Gasteiger partial charge in [-0.25, -0.2) is 15.0 Å². The number of hydrogen-bond acceptors (Lipinski definition) is 11. The number of aromatic nitrogens is 4. The molecule has 6 N–H and O–H groups in total. The number of hydrogen-bond donors (Lipinski definition) is 4. The molecule has 0 atom stereocenters. The summed E-state index contributed by atoms with van der Waals surface area (Å²) in [5.74, 6) is 1.28. The summed E-state index contributed by atoms with van der Waals surface area (Å²) in [6.45, 7) is 8.94. The number of likely N-dealkylation sites (tertiary alicyclic amines) is 1. The van der Waals surface area contributed by atoms with E-state index in [2.05, 4.69) is 64.1 Å². The molecule has 42 heavy (non-hydrogen) atoms. The molecule has 1 fully saturated rings. The second kappa shape index (κ2) is 11.2. The number of pyridine rings is 1. The Morgan fingerprint density at radius 2 is 1.93 bits per heavy atom. The molecule has 0 unspecified atom stereocenters. The van der Waals surface area contributed by atoms with Crippen molar-refractivity contribution < 1.29 is 9.15 Å². The van der Waals surface area contributed by atoms with Crippen molar-refractivity contribution in [2.75, 3.05) is 29.9 Å². The van der Waals surface area contributed by atoms with Gasteiger partial charge in [0.25, 0.3) is 6.01 Å². The summed E-state index contributed by atoms with van der Waals surface area (Å²) in [5, 5.41) is 14.4. The molecular weight excluding hydrogens is 530 g/mol. The summed E-state index contributed by atoms with van der Waals surface area (Å²) in [7, 11) is 0. The van der Waals surface area contributed by atoms with E-state index in [9.17, 15) is 0 Å². The van der Waals surface area contributed by atoms with Gasteiger partial charge in [-0.15, -0.1) is 0 Å². The summed E-state index contributed by atoms with van der Waals surface area (Å²) < 4.78 is 11.9. The van der Waals surface area contributed by atoms with Gasteiger partial charge in [-0.1, -0.05) is 18.2 Å². The van der Waals surface area contributed by atoms with E-state index in [1.54, 1.807) is 18.2 Å². The molecule has 216 valence electrons. The highest BCUT2D eigenvalue weighted by Gasteiger charge is 2.24. The van der Waals surface area contributed by atoms with E-state index in [1.807, 2.05) is 6.07 Å². The maximum absolute atomic E-state index is 8.94. The van der Waals surface area contributed by atoms with Crippen LogP contribution in [0.2, 0.25) is 0 Å². The molecule has 0 bridgehead atoms. The van der Waals surface area contributed by atoms with Crippen molar-refractivity contribution in [3.8, 4) is 5.88 Å². The minimum Gasteiger partial charge on any atom is -0.474 e. The van der Waals surface area contributed by atoms with Crippen molar-refractivity contribution in [3.63, 3.8) is 0 Å². The number of fused-ring (bicyclic) bond motifs is 2. The zero-order valence-corrected chi connectivity index (χ0v) is 24.0. The van der Waals surface area contributed by atoms with Gasteiger partial charge in [0.05, 0.1) is 23.5 Å². The lowest BCUT2D eigenvalue weighted by Crippen LogP contribution is -2.41. The maximum Gasteiger partial charge on any atom is 0.292 e. The number of anilines is 3. The molecule has 1 saturated heterocycles. The van der Waals surface area contributed by atoms with Crippen molar-refractivity contribution in [2.24, 2.45) is 0 Å².